The molecule has 2 rings (SSSR count). The molecule has 2 aromatic rings. The summed E-state index contributed by atoms with van der Waals surface area (Å²) in [4.78, 5) is 22.8. The van der Waals surface area contributed by atoms with E-state index in [9.17, 15) is 9.59 Å². The summed E-state index contributed by atoms with van der Waals surface area (Å²) in [6, 6.07) is 11.6. The summed E-state index contributed by atoms with van der Waals surface area (Å²) in [6.45, 7) is 1.81. The zero-order valence-electron chi connectivity index (χ0n) is 9.88. The van der Waals surface area contributed by atoms with Gasteiger partial charge in [-0.3, -0.25) is 9.59 Å². The lowest BCUT2D eigenvalue weighted by molar-refractivity contribution is 0.0939. The predicted molar refractivity (Wildman–Crippen MR) is 67.2 cm³/mol. The van der Waals surface area contributed by atoms with E-state index in [1.165, 1.54) is 6.07 Å². The minimum atomic E-state index is -0.269. The second-order valence-corrected chi connectivity index (χ2v) is 3.91. The molecule has 1 aromatic heterocycles. The van der Waals surface area contributed by atoms with E-state index in [0.717, 1.165) is 0 Å². The number of carbonyl (C=O) groups excluding carboxylic acids is 1. The Morgan fingerprint density at radius 3 is 2.56 bits per heavy atom. The zero-order chi connectivity index (χ0) is 13.0. The third-order valence-corrected chi connectivity index (χ3v) is 2.53. The van der Waals surface area contributed by atoms with Gasteiger partial charge in [0.2, 0.25) is 0 Å². The Morgan fingerprint density at radius 1 is 1.22 bits per heavy atom. The van der Waals surface area contributed by atoms with Crippen molar-refractivity contribution in [1.82, 2.24) is 15.5 Å². The van der Waals surface area contributed by atoms with Crippen LogP contribution in [0.2, 0.25) is 0 Å². The third kappa shape index (κ3) is 2.82. The quantitative estimate of drug-likeness (QED) is 0.852. The van der Waals surface area contributed by atoms with Gasteiger partial charge >= 0.3 is 0 Å². The number of rotatable bonds is 3. The van der Waals surface area contributed by atoms with Gasteiger partial charge in [-0.25, -0.2) is 5.10 Å². The first kappa shape index (κ1) is 12.0. The van der Waals surface area contributed by atoms with Gasteiger partial charge in [0.05, 0.1) is 11.7 Å². The summed E-state index contributed by atoms with van der Waals surface area (Å²) in [7, 11) is 0. The largest absolute Gasteiger partial charge is 0.344 e. The molecule has 2 N–H and O–H groups in total. The van der Waals surface area contributed by atoms with E-state index in [4.69, 9.17) is 0 Å². The van der Waals surface area contributed by atoms with Gasteiger partial charge in [-0.2, -0.15) is 5.10 Å². The number of nitrogens with zero attached hydrogens (tertiary/aromatic N) is 1. The maximum Gasteiger partial charge on any atom is 0.264 e. The molecule has 0 aliphatic heterocycles. The van der Waals surface area contributed by atoms with Crippen molar-refractivity contribution in [2.45, 2.75) is 13.0 Å². The number of nitrogens with one attached hydrogen (secondary N) is 2. The lowest BCUT2D eigenvalue weighted by atomic mass is 10.2. The van der Waals surface area contributed by atoms with Gasteiger partial charge < -0.3 is 5.32 Å². The molecule has 92 valence electrons. The Kier molecular flexibility index (Phi) is 3.52. The van der Waals surface area contributed by atoms with Crippen molar-refractivity contribution in [2.24, 2.45) is 0 Å². The van der Waals surface area contributed by atoms with Crippen LogP contribution < -0.4 is 10.9 Å². The van der Waals surface area contributed by atoms with Gasteiger partial charge in [-0.1, -0.05) is 18.2 Å². The fraction of sp³-hybridized carbons (Fsp3) is 0.154. The first-order chi connectivity index (χ1) is 8.66. The Morgan fingerprint density at radius 2 is 1.94 bits per heavy atom. The fourth-order valence-electron chi connectivity index (χ4n) is 1.54. The summed E-state index contributed by atoms with van der Waals surface area (Å²) in [5, 5.41) is 9.02. The molecular weight excluding hydrogens is 230 g/mol. The van der Waals surface area contributed by atoms with Crippen molar-refractivity contribution in [3.63, 3.8) is 0 Å². The van der Waals surface area contributed by atoms with Crippen LogP contribution >= 0.6 is 0 Å². The lowest BCUT2D eigenvalue weighted by Crippen LogP contribution is -2.27. The average Bonchev–Trinajstić information content (AvgIpc) is 2.40. The Hall–Kier alpha value is -2.43. The standard InChI is InChI=1S/C13H13N3O2/c1-9(11-7-8-12(17)16-15-11)14-13(18)10-5-3-2-4-6-10/h2-9H,1H3,(H,14,18)(H,16,17). The maximum absolute atomic E-state index is 11.9. The van der Waals surface area contributed by atoms with Crippen molar-refractivity contribution >= 4 is 5.91 Å². The number of benzene rings is 1. The van der Waals surface area contributed by atoms with Gasteiger partial charge in [-0.05, 0) is 25.1 Å². The SMILES string of the molecule is CC(NC(=O)c1ccccc1)c1ccc(=O)[nH]n1. The molecule has 1 amide bonds. The molecule has 0 saturated carbocycles. The molecule has 18 heavy (non-hydrogen) atoms. The molecule has 5 nitrogen and oxygen atoms in total. The van der Waals surface area contributed by atoms with Crippen LogP contribution in [0.1, 0.15) is 29.0 Å². The van der Waals surface area contributed by atoms with Crippen LogP contribution in [0.4, 0.5) is 0 Å². The van der Waals surface area contributed by atoms with Crippen molar-refractivity contribution in [2.75, 3.05) is 0 Å². The van der Waals surface area contributed by atoms with E-state index in [1.54, 1.807) is 30.3 Å². The van der Waals surface area contributed by atoms with E-state index >= 15 is 0 Å². The van der Waals surface area contributed by atoms with Crippen molar-refractivity contribution in [3.8, 4) is 0 Å². The summed E-state index contributed by atoms with van der Waals surface area (Å²) in [6.07, 6.45) is 0. The molecule has 1 heterocycles. The average molecular weight is 243 g/mol. The lowest BCUT2D eigenvalue weighted by Gasteiger charge is -2.12. The highest BCUT2D eigenvalue weighted by molar-refractivity contribution is 5.94. The van der Waals surface area contributed by atoms with Gasteiger partial charge in [-0.15, -0.1) is 0 Å². The normalized spacial score (nSPS) is 11.8. The molecule has 0 saturated heterocycles. The molecule has 0 spiro atoms. The smallest absolute Gasteiger partial charge is 0.264 e. The summed E-state index contributed by atoms with van der Waals surface area (Å²) in [5.41, 5.74) is 0.938. The number of amides is 1. The van der Waals surface area contributed by atoms with Crippen LogP contribution in [0, 0.1) is 0 Å². The number of aromatic nitrogens is 2. The number of hydrogen-bond acceptors (Lipinski definition) is 3. The molecule has 0 fully saturated rings. The van der Waals surface area contributed by atoms with Crippen LogP contribution in [0.25, 0.3) is 0 Å². The molecular formula is C13H13N3O2. The Bertz CT molecular complexity index is 572. The second-order valence-electron chi connectivity index (χ2n) is 3.91. The first-order valence-electron chi connectivity index (χ1n) is 5.58. The molecule has 0 aliphatic rings. The van der Waals surface area contributed by atoms with Crippen LogP contribution in [0.5, 0.6) is 0 Å². The molecule has 1 aromatic carbocycles. The van der Waals surface area contributed by atoms with Crippen LogP contribution in [-0.2, 0) is 0 Å². The number of H-pyrrole nitrogens is 1. The highest BCUT2D eigenvalue weighted by Crippen LogP contribution is 2.08. The van der Waals surface area contributed by atoms with Gasteiger partial charge in [0.1, 0.15) is 0 Å². The fourth-order valence-corrected chi connectivity index (χ4v) is 1.54. The maximum atomic E-state index is 11.9. The van der Waals surface area contributed by atoms with Crippen molar-refractivity contribution < 1.29 is 4.79 Å². The van der Waals surface area contributed by atoms with Gasteiger partial charge in [0.25, 0.3) is 11.5 Å². The molecule has 0 aliphatic carbocycles. The third-order valence-electron chi connectivity index (χ3n) is 2.53. The topological polar surface area (TPSA) is 74.8 Å². The monoisotopic (exact) mass is 243 g/mol. The van der Waals surface area contributed by atoms with E-state index in [2.05, 4.69) is 15.5 Å². The second kappa shape index (κ2) is 5.27. The van der Waals surface area contributed by atoms with Crippen LogP contribution in [-0.4, -0.2) is 16.1 Å². The molecule has 1 unspecified atom stereocenters. The molecule has 1 atom stereocenters. The van der Waals surface area contributed by atoms with Gasteiger partial charge in [0.15, 0.2) is 0 Å². The highest BCUT2D eigenvalue weighted by Gasteiger charge is 2.11. The predicted octanol–water partition coefficient (Wildman–Crippen LogP) is 1.26. The number of hydrogen-bond donors (Lipinski definition) is 2. The van der Waals surface area contributed by atoms with Gasteiger partial charge in [0, 0.05) is 11.6 Å². The van der Waals surface area contributed by atoms with E-state index in [0.29, 0.717) is 11.3 Å². The summed E-state index contributed by atoms with van der Waals surface area (Å²) < 4.78 is 0. The van der Waals surface area contributed by atoms with Crippen molar-refractivity contribution in [1.29, 1.82) is 0 Å². The molecule has 5 heteroatoms. The highest BCUT2D eigenvalue weighted by atomic mass is 16.1. The van der Waals surface area contributed by atoms with E-state index < -0.39 is 0 Å². The zero-order valence-corrected chi connectivity index (χ0v) is 9.88. The number of aromatic amines is 1. The Labute approximate surface area is 104 Å². The summed E-state index contributed by atoms with van der Waals surface area (Å²) in [5.74, 6) is -0.170. The number of carbonyl (C=O) groups is 1. The van der Waals surface area contributed by atoms with E-state index in [1.807, 2.05) is 13.0 Å². The van der Waals surface area contributed by atoms with Crippen molar-refractivity contribution in [3.05, 3.63) is 64.1 Å². The first-order valence-corrected chi connectivity index (χ1v) is 5.58. The Balaban J connectivity index is 2.08. The molecule has 0 radical (unpaired) electrons. The van der Waals surface area contributed by atoms with E-state index in [-0.39, 0.29) is 17.5 Å². The minimum absolute atomic E-state index is 0.170. The minimum Gasteiger partial charge on any atom is -0.344 e. The summed E-state index contributed by atoms with van der Waals surface area (Å²) >= 11 is 0. The molecule has 0 bridgehead atoms. The van der Waals surface area contributed by atoms with Crippen LogP contribution in [0.15, 0.2) is 47.3 Å². The van der Waals surface area contributed by atoms with Crippen LogP contribution in [0.3, 0.4) is 0 Å².